The number of nitrogen functional groups attached to an aromatic ring is 1. The van der Waals surface area contributed by atoms with Gasteiger partial charge in [-0.3, -0.25) is 4.57 Å². The smallest absolute Gasteiger partial charge is 0.147 e. The minimum absolute atomic E-state index is 0.276. The molecule has 0 saturated heterocycles. The summed E-state index contributed by atoms with van der Waals surface area (Å²) in [5, 5.41) is 0. The van der Waals surface area contributed by atoms with Crippen LogP contribution in [-0.4, -0.2) is 19.5 Å². The Morgan fingerprint density at radius 3 is 2.72 bits per heavy atom. The topological polar surface area (TPSA) is 69.6 Å². The average Bonchev–Trinajstić information content (AvgIpc) is 2.76. The highest BCUT2D eigenvalue weighted by Gasteiger charge is 2.16. The van der Waals surface area contributed by atoms with Gasteiger partial charge in [0, 0.05) is 24.4 Å². The highest BCUT2D eigenvalue weighted by atomic mass is 15.1. The van der Waals surface area contributed by atoms with Crippen molar-refractivity contribution in [3.05, 3.63) is 30.1 Å². The lowest BCUT2D eigenvalue weighted by molar-refractivity contribution is 0.768. The Morgan fingerprint density at radius 2 is 2.06 bits per heavy atom. The van der Waals surface area contributed by atoms with Gasteiger partial charge in [0.1, 0.15) is 23.8 Å². The monoisotopic (exact) mass is 245 g/mol. The maximum atomic E-state index is 5.97. The van der Waals surface area contributed by atoms with E-state index in [0.29, 0.717) is 5.82 Å². The van der Waals surface area contributed by atoms with Gasteiger partial charge in [-0.05, 0) is 12.3 Å². The van der Waals surface area contributed by atoms with Crippen LogP contribution in [0.1, 0.15) is 44.5 Å². The van der Waals surface area contributed by atoms with E-state index in [1.54, 1.807) is 6.20 Å². The third kappa shape index (κ3) is 2.20. The molecule has 0 fully saturated rings. The Labute approximate surface area is 107 Å². The number of rotatable bonds is 4. The second kappa shape index (κ2) is 5.16. The van der Waals surface area contributed by atoms with Crippen molar-refractivity contribution in [2.24, 2.45) is 0 Å². The summed E-state index contributed by atoms with van der Waals surface area (Å²) in [5.41, 5.74) is 6.95. The molecule has 0 spiro atoms. The highest BCUT2D eigenvalue weighted by molar-refractivity contribution is 5.50. The summed E-state index contributed by atoms with van der Waals surface area (Å²) in [6.07, 6.45) is 7.21. The number of nitrogens with two attached hydrogens (primary N) is 1. The van der Waals surface area contributed by atoms with Crippen molar-refractivity contribution in [3.8, 4) is 5.82 Å². The number of aromatic nitrogens is 4. The van der Waals surface area contributed by atoms with Gasteiger partial charge in [0.15, 0.2) is 0 Å². The fourth-order valence-electron chi connectivity index (χ4n) is 2.08. The van der Waals surface area contributed by atoms with Crippen LogP contribution in [0.3, 0.4) is 0 Å². The van der Waals surface area contributed by atoms with Gasteiger partial charge in [-0.1, -0.05) is 20.8 Å². The van der Waals surface area contributed by atoms with Crippen LogP contribution in [0.15, 0.2) is 18.7 Å². The van der Waals surface area contributed by atoms with E-state index < -0.39 is 0 Å². The molecule has 0 unspecified atom stereocenters. The molecule has 0 aliphatic heterocycles. The molecule has 0 aromatic carbocycles. The molecular formula is C13H19N5. The van der Waals surface area contributed by atoms with E-state index >= 15 is 0 Å². The zero-order valence-electron chi connectivity index (χ0n) is 11.1. The highest BCUT2D eigenvalue weighted by Crippen LogP contribution is 2.26. The molecule has 0 bridgehead atoms. The number of hydrogen-bond donors (Lipinski definition) is 1. The molecule has 5 heteroatoms. The van der Waals surface area contributed by atoms with Gasteiger partial charge >= 0.3 is 0 Å². The maximum absolute atomic E-state index is 5.97. The minimum Gasteiger partial charge on any atom is -0.383 e. The Bertz CT molecular complexity index is 530. The molecule has 96 valence electrons. The van der Waals surface area contributed by atoms with Crippen LogP contribution in [0, 0.1) is 0 Å². The van der Waals surface area contributed by atoms with E-state index in [0.717, 1.165) is 30.0 Å². The van der Waals surface area contributed by atoms with Crippen molar-refractivity contribution in [2.75, 3.05) is 5.73 Å². The predicted molar refractivity (Wildman–Crippen MR) is 71.7 cm³/mol. The molecule has 5 nitrogen and oxygen atoms in total. The van der Waals surface area contributed by atoms with Gasteiger partial charge in [-0.2, -0.15) is 0 Å². The molecule has 0 aliphatic carbocycles. The van der Waals surface area contributed by atoms with Crippen molar-refractivity contribution in [1.82, 2.24) is 19.5 Å². The quantitative estimate of drug-likeness (QED) is 0.897. The predicted octanol–water partition coefficient (Wildman–Crippen LogP) is 2.32. The largest absolute Gasteiger partial charge is 0.383 e. The Balaban J connectivity index is 2.56. The van der Waals surface area contributed by atoms with Gasteiger partial charge in [0.05, 0.1) is 0 Å². The summed E-state index contributed by atoms with van der Waals surface area (Å²) in [5.74, 6) is 2.68. The fraction of sp³-hybridized carbons (Fsp3) is 0.462. The molecule has 0 amide bonds. The average molecular weight is 245 g/mol. The minimum atomic E-state index is 0.276. The second-order valence-corrected chi connectivity index (χ2v) is 4.61. The number of aryl methyl sites for hydroxylation is 1. The van der Waals surface area contributed by atoms with Crippen molar-refractivity contribution in [3.63, 3.8) is 0 Å². The Morgan fingerprint density at radius 1 is 1.28 bits per heavy atom. The maximum Gasteiger partial charge on any atom is 0.147 e. The Kier molecular flexibility index (Phi) is 3.60. The standard InChI is InChI=1S/C13H19N5/c1-4-5-10-15-6-7-18(10)13-11(9(2)3)12(14)16-8-17-13/h6-9H,4-5H2,1-3H3,(H2,14,16,17). The van der Waals surface area contributed by atoms with Gasteiger partial charge in [-0.15, -0.1) is 0 Å². The van der Waals surface area contributed by atoms with Crippen molar-refractivity contribution in [1.29, 1.82) is 0 Å². The first-order chi connectivity index (χ1) is 8.65. The first-order valence-corrected chi connectivity index (χ1v) is 6.28. The van der Waals surface area contributed by atoms with Crippen LogP contribution >= 0.6 is 0 Å². The third-order valence-corrected chi connectivity index (χ3v) is 2.89. The zero-order chi connectivity index (χ0) is 13.1. The molecule has 0 radical (unpaired) electrons. The number of anilines is 1. The molecule has 0 aliphatic rings. The summed E-state index contributed by atoms with van der Waals surface area (Å²) in [7, 11) is 0. The van der Waals surface area contributed by atoms with E-state index in [1.807, 2.05) is 10.8 Å². The number of nitrogens with zero attached hydrogens (tertiary/aromatic N) is 4. The summed E-state index contributed by atoms with van der Waals surface area (Å²) < 4.78 is 2.01. The van der Waals surface area contributed by atoms with Crippen LogP contribution in [-0.2, 0) is 6.42 Å². The SMILES string of the molecule is CCCc1nccn1-c1ncnc(N)c1C(C)C. The lowest BCUT2D eigenvalue weighted by Gasteiger charge is -2.15. The van der Waals surface area contributed by atoms with Gasteiger partial charge in [-0.25, -0.2) is 15.0 Å². The van der Waals surface area contributed by atoms with E-state index in [-0.39, 0.29) is 5.92 Å². The summed E-state index contributed by atoms with van der Waals surface area (Å²) in [6, 6.07) is 0. The molecule has 2 aromatic rings. The van der Waals surface area contributed by atoms with Crippen molar-refractivity contribution >= 4 is 5.82 Å². The number of imidazole rings is 1. The lowest BCUT2D eigenvalue weighted by Crippen LogP contribution is -2.11. The van der Waals surface area contributed by atoms with Gasteiger partial charge < -0.3 is 5.73 Å². The first-order valence-electron chi connectivity index (χ1n) is 6.28. The molecule has 0 atom stereocenters. The number of hydrogen-bond acceptors (Lipinski definition) is 4. The zero-order valence-corrected chi connectivity index (χ0v) is 11.1. The molecule has 2 heterocycles. The van der Waals surface area contributed by atoms with Crippen molar-refractivity contribution < 1.29 is 0 Å². The normalized spacial score (nSPS) is 11.1. The molecule has 2 aromatic heterocycles. The molecule has 2 N–H and O–H groups in total. The van der Waals surface area contributed by atoms with E-state index in [2.05, 4.69) is 35.7 Å². The second-order valence-electron chi connectivity index (χ2n) is 4.61. The fourth-order valence-corrected chi connectivity index (χ4v) is 2.08. The molecule has 0 saturated carbocycles. The van der Waals surface area contributed by atoms with Gasteiger partial charge in [0.2, 0.25) is 0 Å². The van der Waals surface area contributed by atoms with Crippen LogP contribution in [0.2, 0.25) is 0 Å². The van der Waals surface area contributed by atoms with E-state index in [9.17, 15) is 0 Å². The van der Waals surface area contributed by atoms with E-state index in [1.165, 1.54) is 6.33 Å². The Hall–Kier alpha value is -1.91. The van der Waals surface area contributed by atoms with Crippen LogP contribution in [0.5, 0.6) is 0 Å². The molecule has 2 rings (SSSR count). The van der Waals surface area contributed by atoms with Crippen LogP contribution < -0.4 is 5.73 Å². The van der Waals surface area contributed by atoms with Gasteiger partial charge in [0.25, 0.3) is 0 Å². The summed E-state index contributed by atoms with van der Waals surface area (Å²) >= 11 is 0. The first kappa shape index (κ1) is 12.5. The molecule has 18 heavy (non-hydrogen) atoms. The third-order valence-electron chi connectivity index (χ3n) is 2.89. The van der Waals surface area contributed by atoms with Crippen LogP contribution in [0.25, 0.3) is 5.82 Å². The van der Waals surface area contributed by atoms with Crippen molar-refractivity contribution in [2.45, 2.75) is 39.5 Å². The molecular weight excluding hydrogens is 226 g/mol. The van der Waals surface area contributed by atoms with Crippen LogP contribution in [0.4, 0.5) is 5.82 Å². The summed E-state index contributed by atoms with van der Waals surface area (Å²) in [6.45, 7) is 6.32. The lowest BCUT2D eigenvalue weighted by atomic mass is 10.0. The van der Waals surface area contributed by atoms with E-state index in [4.69, 9.17) is 5.73 Å². The summed E-state index contributed by atoms with van der Waals surface area (Å²) in [4.78, 5) is 12.8.